The Morgan fingerprint density at radius 1 is 1.00 bits per heavy atom. The molecule has 0 bridgehead atoms. The van der Waals surface area contributed by atoms with E-state index in [1.54, 1.807) is 25.8 Å². The number of hydrogen-bond donors (Lipinski definition) is 0. The van der Waals surface area contributed by atoms with Gasteiger partial charge in [-0.2, -0.15) is 0 Å². The van der Waals surface area contributed by atoms with Crippen molar-refractivity contribution < 1.29 is 19.1 Å². The van der Waals surface area contributed by atoms with E-state index in [1.807, 2.05) is 30.3 Å². The number of imide groups is 1. The number of carbonyl (C=O) groups is 3. The van der Waals surface area contributed by atoms with Crippen LogP contribution in [-0.4, -0.2) is 30.9 Å². The molecule has 0 fully saturated rings. The predicted molar refractivity (Wildman–Crippen MR) is 107 cm³/mol. The molecule has 7 heteroatoms. The minimum atomic E-state index is -0.609. The van der Waals surface area contributed by atoms with Crippen LogP contribution in [0.1, 0.15) is 24.2 Å². The Bertz CT molecular complexity index is 952. The van der Waals surface area contributed by atoms with Crippen LogP contribution < -0.4 is 9.80 Å². The molecule has 0 aliphatic carbocycles. The summed E-state index contributed by atoms with van der Waals surface area (Å²) in [4.78, 5) is 40.1. The number of para-hydroxylation sites is 1. The van der Waals surface area contributed by atoms with Crippen LogP contribution in [0, 0.1) is 0 Å². The van der Waals surface area contributed by atoms with Crippen molar-refractivity contribution in [3.8, 4) is 0 Å². The van der Waals surface area contributed by atoms with Gasteiger partial charge < -0.3 is 9.64 Å². The van der Waals surface area contributed by atoms with Crippen LogP contribution in [0.15, 0.2) is 65.3 Å². The molecule has 0 spiro atoms. The highest BCUT2D eigenvalue weighted by atomic mass is 35.5. The van der Waals surface area contributed by atoms with Crippen LogP contribution in [0.2, 0.25) is 0 Å². The molecule has 28 heavy (non-hydrogen) atoms. The van der Waals surface area contributed by atoms with Gasteiger partial charge >= 0.3 is 5.97 Å². The largest absolute Gasteiger partial charge is 0.459 e. The zero-order chi connectivity index (χ0) is 20.4. The van der Waals surface area contributed by atoms with Crippen molar-refractivity contribution in [1.29, 1.82) is 0 Å². The van der Waals surface area contributed by atoms with E-state index in [-0.39, 0.29) is 16.8 Å². The molecule has 1 heterocycles. The molecule has 0 saturated heterocycles. The molecule has 3 rings (SSSR count). The minimum Gasteiger partial charge on any atom is -0.459 e. The second-order valence-corrected chi connectivity index (χ2v) is 6.88. The van der Waals surface area contributed by atoms with Gasteiger partial charge in [-0.05, 0) is 50.2 Å². The van der Waals surface area contributed by atoms with E-state index in [0.29, 0.717) is 11.3 Å². The molecule has 0 saturated carbocycles. The van der Waals surface area contributed by atoms with Crippen LogP contribution in [0.25, 0.3) is 0 Å². The molecule has 0 unspecified atom stereocenters. The first-order valence-electron chi connectivity index (χ1n) is 8.69. The van der Waals surface area contributed by atoms with Gasteiger partial charge in [0.2, 0.25) is 0 Å². The molecule has 2 aromatic carbocycles. The summed E-state index contributed by atoms with van der Waals surface area (Å²) in [6.45, 7) is 3.51. The Labute approximate surface area is 167 Å². The fourth-order valence-electron chi connectivity index (χ4n) is 2.83. The summed E-state index contributed by atoms with van der Waals surface area (Å²) in [5.41, 5.74) is 1.48. The Morgan fingerprint density at radius 3 is 2.18 bits per heavy atom. The number of carbonyl (C=O) groups excluding carboxylic acids is 3. The van der Waals surface area contributed by atoms with Crippen molar-refractivity contribution in [2.75, 3.05) is 16.8 Å². The van der Waals surface area contributed by atoms with Gasteiger partial charge in [0.25, 0.3) is 11.8 Å². The summed E-state index contributed by atoms with van der Waals surface area (Å²) in [7, 11) is 1.67. The SMILES string of the molecule is CC(C)OC(=O)c1ccc(N2C(=O)C(Cl)=C(N(C)c3ccccc3)C2=O)cc1. The highest BCUT2D eigenvalue weighted by Gasteiger charge is 2.40. The number of ether oxygens (including phenoxy) is 1. The molecule has 0 N–H and O–H groups in total. The van der Waals surface area contributed by atoms with Crippen LogP contribution >= 0.6 is 11.6 Å². The third-order valence-corrected chi connectivity index (χ3v) is 4.53. The molecule has 0 radical (unpaired) electrons. The fourth-order valence-corrected chi connectivity index (χ4v) is 3.12. The van der Waals surface area contributed by atoms with Crippen LogP contribution in [0.3, 0.4) is 0 Å². The van der Waals surface area contributed by atoms with Gasteiger partial charge in [0.05, 0.1) is 17.4 Å². The predicted octanol–water partition coefficient (Wildman–Crippen LogP) is 3.71. The van der Waals surface area contributed by atoms with E-state index < -0.39 is 17.8 Å². The molecule has 1 aliphatic rings. The topological polar surface area (TPSA) is 66.9 Å². The molecular formula is C21H19ClN2O4. The zero-order valence-electron chi connectivity index (χ0n) is 15.7. The number of likely N-dealkylation sites (N-methyl/N-ethyl adjacent to an activating group) is 1. The van der Waals surface area contributed by atoms with Crippen molar-refractivity contribution >= 4 is 40.8 Å². The smallest absolute Gasteiger partial charge is 0.338 e. The Morgan fingerprint density at radius 2 is 1.61 bits per heavy atom. The number of esters is 1. The van der Waals surface area contributed by atoms with E-state index in [4.69, 9.17) is 16.3 Å². The van der Waals surface area contributed by atoms with Gasteiger partial charge in [-0.15, -0.1) is 0 Å². The number of nitrogens with zero attached hydrogens (tertiary/aromatic N) is 2. The maximum atomic E-state index is 12.9. The molecule has 6 nitrogen and oxygen atoms in total. The third-order valence-electron chi connectivity index (χ3n) is 4.19. The first-order valence-corrected chi connectivity index (χ1v) is 9.07. The molecule has 2 amide bonds. The van der Waals surface area contributed by atoms with E-state index in [2.05, 4.69) is 0 Å². The van der Waals surface area contributed by atoms with Crippen molar-refractivity contribution in [1.82, 2.24) is 0 Å². The number of rotatable bonds is 5. The lowest BCUT2D eigenvalue weighted by molar-refractivity contribution is -0.120. The molecule has 0 aromatic heterocycles. The van der Waals surface area contributed by atoms with Gasteiger partial charge in [-0.25, -0.2) is 9.69 Å². The summed E-state index contributed by atoms with van der Waals surface area (Å²) in [6.07, 6.45) is -0.243. The lowest BCUT2D eigenvalue weighted by Crippen LogP contribution is -2.34. The number of hydrogen-bond acceptors (Lipinski definition) is 5. The quantitative estimate of drug-likeness (QED) is 0.567. The van der Waals surface area contributed by atoms with Gasteiger partial charge in [0.15, 0.2) is 0 Å². The number of anilines is 2. The molecule has 2 aromatic rings. The second-order valence-electron chi connectivity index (χ2n) is 6.50. The Balaban J connectivity index is 1.86. The molecular weight excluding hydrogens is 380 g/mol. The highest BCUT2D eigenvalue weighted by Crippen LogP contribution is 2.32. The minimum absolute atomic E-state index is 0.0983. The van der Waals surface area contributed by atoms with Gasteiger partial charge in [0, 0.05) is 12.7 Å². The standard InChI is InChI=1S/C21H19ClN2O4/c1-13(2)28-21(27)14-9-11-16(12-10-14)24-19(25)17(22)18(20(24)26)23(3)15-7-5-4-6-8-15/h4-13H,1-3H3. The molecule has 144 valence electrons. The Hall–Kier alpha value is -3.12. The lowest BCUT2D eigenvalue weighted by Gasteiger charge is -2.21. The van der Waals surface area contributed by atoms with Crippen molar-refractivity contribution in [3.05, 3.63) is 70.9 Å². The van der Waals surface area contributed by atoms with Crippen molar-refractivity contribution in [3.63, 3.8) is 0 Å². The average Bonchev–Trinajstić information content (AvgIpc) is 2.90. The summed E-state index contributed by atoms with van der Waals surface area (Å²) in [5, 5.41) is -0.153. The first-order chi connectivity index (χ1) is 13.3. The number of halogens is 1. The van der Waals surface area contributed by atoms with Crippen LogP contribution in [0.4, 0.5) is 11.4 Å². The monoisotopic (exact) mass is 398 g/mol. The number of amides is 2. The van der Waals surface area contributed by atoms with E-state index >= 15 is 0 Å². The molecule has 0 atom stereocenters. The lowest BCUT2D eigenvalue weighted by atomic mass is 10.2. The Kier molecular flexibility index (Phi) is 5.51. The summed E-state index contributed by atoms with van der Waals surface area (Å²) in [6, 6.07) is 15.2. The molecule has 1 aliphatic heterocycles. The van der Waals surface area contributed by atoms with Crippen LogP contribution in [-0.2, 0) is 14.3 Å². The summed E-state index contributed by atoms with van der Waals surface area (Å²) >= 11 is 6.20. The van der Waals surface area contributed by atoms with Crippen molar-refractivity contribution in [2.45, 2.75) is 20.0 Å². The third kappa shape index (κ3) is 3.64. The zero-order valence-corrected chi connectivity index (χ0v) is 16.4. The average molecular weight is 399 g/mol. The van der Waals surface area contributed by atoms with Gasteiger partial charge in [-0.1, -0.05) is 29.8 Å². The van der Waals surface area contributed by atoms with E-state index in [0.717, 1.165) is 10.6 Å². The fraction of sp³-hybridized carbons (Fsp3) is 0.190. The van der Waals surface area contributed by atoms with Gasteiger partial charge in [-0.3, -0.25) is 9.59 Å². The first kappa shape index (κ1) is 19.6. The number of benzene rings is 2. The summed E-state index contributed by atoms with van der Waals surface area (Å²) in [5.74, 6) is -1.61. The van der Waals surface area contributed by atoms with Crippen molar-refractivity contribution in [2.24, 2.45) is 0 Å². The second kappa shape index (κ2) is 7.86. The normalized spacial score (nSPS) is 14.1. The van der Waals surface area contributed by atoms with E-state index in [9.17, 15) is 14.4 Å². The maximum Gasteiger partial charge on any atom is 0.338 e. The highest BCUT2D eigenvalue weighted by molar-refractivity contribution is 6.53. The van der Waals surface area contributed by atoms with Crippen LogP contribution in [0.5, 0.6) is 0 Å². The van der Waals surface area contributed by atoms with E-state index in [1.165, 1.54) is 24.3 Å². The van der Waals surface area contributed by atoms with Gasteiger partial charge in [0.1, 0.15) is 10.7 Å². The summed E-state index contributed by atoms with van der Waals surface area (Å²) < 4.78 is 5.14. The maximum absolute atomic E-state index is 12.9.